The monoisotopic (exact) mass is 287 g/mol. The largest absolute Gasteiger partial charge is 0.464 e. The highest BCUT2D eigenvalue weighted by Gasteiger charge is 2.26. The molecule has 0 aliphatic carbocycles. The van der Waals surface area contributed by atoms with Crippen LogP contribution in [0.4, 0.5) is 9.18 Å². The lowest BCUT2D eigenvalue weighted by Crippen LogP contribution is -2.41. The van der Waals surface area contributed by atoms with Crippen LogP contribution in [-0.2, 0) is 14.3 Å². The van der Waals surface area contributed by atoms with E-state index in [1.54, 1.807) is 4.90 Å². The Kier molecular flexibility index (Phi) is 5.53. The number of piperidine rings is 1. The molecule has 0 aromatic heterocycles. The van der Waals surface area contributed by atoms with E-state index in [9.17, 15) is 14.0 Å². The molecule has 0 radical (unpaired) electrons. The molecular weight excluding hydrogens is 265 g/mol. The first-order valence-electron chi connectivity index (χ1n) is 6.66. The number of hydrogen-bond donors (Lipinski definition) is 0. The minimum absolute atomic E-state index is 0.0622. The second kappa shape index (κ2) is 6.72. The summed E-state index contributed by atoms with van der Waals surface area (Å²) in [6.45, 7) is 6.42. The van der Waals surface area contributed by atoms with Crippen molar-refractivity contribution in [3.8, 4) is 0 Å². The molecule has 1 fully saturated rings. The first-order valence-corrected chi connectivity index (χ1v) is 6.66. The second-order valence-corrected chi connectivity index (χ2v) is 5.81. The molecule has 20 heavy (non-hydrogen) atoms. The quantitative estimate of drug-likeness (QED) is 0.579. The molecule has 0 spiro atoms. The van der Waals surface area contributed by atoms with Crippen LogP contribution in [-0.4, -0.2) is 42.8 Å². The zero-order chi connectivity index (χ0) is 15.3. The smallest absolute Gasteiger partial charge is 0.410 e. The van der Waals surface area contributed by atoms with Crippen molar-refractivity contribution in [3.05, 3.63) is 11.9 Å². The maximum Gasteiger partial charge on any atom is 0.410 e. The Balaban J connectivity index is 2.48. The van der Waals surface area contributed by atoms with Crippen LogP contribution in [0.2, 0.25) is 0 Å². The van der Waals surface area contributed by atoms with E-state index in [1.807, 2.05) is 20.8 Å². The van der Waals surface area contributed by atoms with Crippen LogP contribution in [0.25, 0.3) is 0 Å². The van der Waals surface area contributed by atoms with Crippen molar-refractivity contribution < 1.29 is 23.5 Å². The van der Waals surface area contributed by atoms with Crippen molar-refractivity contribution in [3.63, 3.8) is 0 Å². The molecule has 1 amide bonds. The van der Waals surface area contributed by atoms with Gasteiger partial charge in [0.25, 0.3) is 0 Å². The highest BCUT2D eigenvalue weighted by molar-refractivity contribution is 5.85. The van der Waals surface area contributed by atoms with E-state index in [0.717, 1.165) is 7.11 Å². The number of allylic oxidation sites excluding steroid dienone is 1. The first-order chi connectivity index (χ1) is 9.23. The van der Waals surface area contributed by atoms with Crippen LogP contribution < -0.4 is 0 Å². The molecule has 1 heterocycles. The summed E-state index contributed by atoms with van der Waals surface area (Å²) in [6, 6.07) is 0. The van der Waals surface area contributed by atoms with E-state index in [0.29, 0.717) is 25.9 Å². The van der Waals surface area contributed by atoms with Crippen molar-refractivity contribution in [2.45, 2.75) is 39.2 Å². The van der Waals surface area contributed by atoms with Gasteiger partial charge in [-0.2, -0.15) is 4.39 Å². The summed E-state index contributed by atoms with van der Waals surface area (Å²) in [5.74, 6) is -1.89. The normalized spacial score (nSPS) is 17.9. The number of hydrogen-bond acceptors (Lipinski definition) is 4. The Hall–Kier alpha value is -1.59. The number of carbonyl (C=O) groups is 2. The molecule has 0 atom stereocenters. The molecule has 0 N–H and O–H groups in total. The van der Waals surface area contributed by atoms with E-state index in [2.05, 4.69) is 4.74 Å². The van der Waals surface area contributed by atoms with Crippen molar-refractivity contribution >= 4 is 12.1 Å². The Morgan fingerprint density at radius 3 is 2.25 bits per heavy atom. The number of rotatable bonds is 2. The fraction of sp³-hybridized carbons (Fsp3) is 0.714. The van der Waals surface area contributed by atoms with Gasteiger partial charge < -0.3 is 14.4 Å². The predicted octanol–water partition coefficient (Wildman–Crippen LogP) is 2.66. The number of ether oxygens (including phenoxy) is 2. The highest BCUT2D eigenvalue weighted by Crippen LogP contribution is 2.22. The van der Waals surface area contributed by atoms with Crippen molar-refractivity contribution in [1.29, 1.82) is 0 Å². The average Bonchev–Trinajstić information content (AvgIpc) is 2.36. The van der Waals surface area contributed by atoms with Gasteiger partial charge in [-0.05, 0) is 45.6 Å². The topological polar surface area (TPSA) is 55.8 Å². The predicted molar refractivity (Wildman–Crippen MR) is 71.7 cm³/mol. The van der Waals surface area contributed by atoms with Gasteiger partial charge in [0.2, 0.25) is 5.83 Å². The van der Waals surface area contributed by atoms with Crippen LogP contribution in [0.5, 0.6) is 0 Å². The SMILES string of the molecule is COC(=O)/C(F)=C/C1CCN(C(=O)OC(C)(C)C)CC1. The van der Waals surface area contributed by atoms with E-state index in [1.165, 1.54) is 6.08 Å². The van der Waals surface area contributed by atoms with Crippen molar-refractivity contribution in [2.24, 2.45) is 5.92 Å². The minimum atomic E-state index is -0.959. The number of methoxy groups -OCH3 is 1. The van der Waals surface area contributed by atoms with Gasteiger partial charge in [0.05, 0.1) is 7.11 Å². The molecule has 1 saturated heterocycles. The number of esters is 1. The lowest BCUT2D eigenvalue weighted by molar-refractivity contribution is -0.137. The van der Waals surface area contributed by atoms with Crippen LogP contribution in [0.3, 0.4) is 0 Å². The molecule has 0 aromatic rings. The zero-order valence-corrected chi connectivity index (χ0v) is 12.4. The molecule has 0 unspecified atom stereocenters. The van der Waals surface area contributed by atoms with Crippen LogP contribution in [0, 0.1) is 5.92 Å². The third kappa shape index (κ3) is 5.19. The first kappa shape index (κ1) is 16.5. The number of halogens is 1. The van der Waals surface area contributed by atoms with E-state index >= 15 is 0 Å². The minimum Gasteiger partial charge on any atom is -0.464 e. The van der Waals surface area contributed by atoms with Gasteiger partial charge in [0.15, 0.2) is 0 Å². The second-order valence-electron chi connectivity index (χ2n) is 5.81. The Morgan fingerprint density at radius 2 is 1.80 bits per heavy atom. The number of nitrogens with zero attached hydrogens (tertiary/aromatic N) is 1. The molecule has 6 heteroatoms. The summed E-state index contributed by atoms with van der Waals surface area (Å²) in [5, 5.41) is 0. The van der Waals surface area contributed by atoms with E-state index in [-0.39, 0.29) is 12.0 Å². The summed E-state index contributed by atoms with van der Waals surface area (Å²) in [4.78, 5) is 24.4. The summed E-state index contributed by atoms with van der Waals surface area (Å²) in [5.41, 5.74) is -0.523. The average molecular weight is 287 g/mol. The molecule has 0 aromatic carbocycles. The summed E-state index contributed by atoms with van der Waals surface area (Å²) in [6.07, 6.45) is 2.12. The summed E-state index contributed by atoms with van der Waals surface area (Å²) < 4.78 is 22.9. The summed E-state index contributed by atoms with van der Waals surface area (Å²) in [7, 11) is 1.14. The number of amides is 1. The standard InChI is InChI=1S/C14H22FNO4/c1-14(2,3)20-13(18)16-7-5-10(6-8-16)9-11(15)12(17)19-4/h9-10H,5-8H2,1-4H3/b11-9-. The molecule has 1 aliphatic heterocycles. The third-order valence-electron chi connectivity index (χ3n) is 2.95. The van der Waals surface area contributed by atoms with Gasteiger partial charge in [0.1, 0.15) is 5.60 Å². The maximum atomic E-state index is 13.3. The summed E-state index contributed by atoms with van der Waals surface area (Å²) >= 11 is 0. The lowest BCUT2D eigenvalue weighted by Gasteiger charge is -2.32. The van der Waals surface area contributed by atoms with Crippen LogP contribution >= 0.6 is 0 Å². The molecule has 0 bridgehead atoms. The van der Waals surface area contributed by atoms with Gasteiger partial charge in [0, 0.05) is 13.1 Å². The van der Waals surface area contributed by atoms with Crippen molar-refractivity contribution in [2.75, 3.05) is 20.2 Å². The molecule has 1 aliphatic rings. The molecule has 0 saturated carbocycles. The highest BCUT2D eigenvalue weighted by atomic mass is 19.1. The van der Waals surface area contributed by atoms with Crippen molar-refractivity contribution in [1.82, 2.24) is 4.90 Å². The van der Waals surface area contributed by atoms with Crippen LogP contribution in [0.1, 0.15) is 33.6 Å². The molecule has 5 nitrogen and oxygen atoms in total. The molecule has 114 valence electrons. The van der Waals surface area contributed by atoms with Gasteiger partial charge in [-0.3, -0.25) is 0 Å². The zero-order valence-electron chi connectivity index (χ0n) is 12.4. The molecule has 1 rings (SSSR count). The fourth-order valence-corrected chi connectivity index (χ4v) is 1.95. The maximum absolute atomic E-state index is 13.3. The van der Waals surface area contributed by atoms with E-state index < -0.39 is 17.4 Å². The number of likely N-dealkylation sites (tertiary alicyclic amines) is 1. The molecular formula is C14H22FNO4. The van der Waals surface area contributed by atoms with Crippen LogP contribution in [0.15, 0.2) is 11.9 Å². The Morgan fingerprint density at radius 1 is 1.25 bits per heavy atom. The van der Waals surface area contributed by atoms with E-state index in [4.69, 9.17) is 4.74 Å². The third-order valence-corrected chi connectivity index (χ3v) is 2.95. The van der Waals surface area contributed by atoms with Gasteiger partial charge >= 0.3 is 12.1 Å². The number of carbonyl (C=O) groups excluding carboxylic acids is 2. The Labute approximate surface area is 118 Å². The lowest BCUT2D eigenvalue weighted by atomic mass is 9.96. The van der Waals surface area contributed by atoms with Gasteiger partial charge in [-0.15, -0.1) is 0 Å². The Bertz CT molecular complexity index is 392. The van der Waals surface area contributed by atoms with Gasteiger partial charge in [-0.1, -0.05) is 0 Å². The fourth-order valence-electron chi connectivity index (χ4n) is 1.95. The van der Waals surface area contributed by atoms with Gasteiger partial charge in [-0.25, -0.2) is 9.59 Å².